The van der Waals surface area contributed by atoms with Gasteiger partial charge in [0, 0.05) is 13.2 Å². The Morgan fingerprint density at radius 1 is 1.62 bits per heavy atom. The van der Waals surface area contributed by atoms with Crippen LogP contribution in [0.3, 0.4) is 0 Å². The maximum Gasteiger partial charge on any atom is 0.184 e. The second-order valence-corrected chi connectivity index (χ2v) is 2.68. The zero-order chi connectivity index (χ0) is 9.68. The summed E-state index contributed by atoms with van der Waals surface area (Å²) in [4.78, 5) is 4.00. The molecule has 5 nitrogen and oxygen atoms in total. The van der Waals surface area contributed by atoms with E-state index >= 15 is 0 Å². The number of pyridine rings is 1. The fraction of sp³-hybridized carbons (Fsp3) is 0.143. The number of nitrogen functional groups attached to an aromatic ring is 1. The average Bonchev–Trinajstić information content (AvgIpc) is 2.16. The van der Waals surface area contributed by atoms with Crippen LogP contribution in [0.5, 0.6) is 0 Å². The SMILES string of the molecule is CNC(=S)NNc1ncccc1N. The van der Waals surface area contributed by atoms with E-state index in [9.17, 15) is 0 Å². The smallest absolute Gasteiger partial charge is 0.184 e. The summed E-state index contributed by atoms with van der Waals surface area (Å²) < 4.78 is 0. The number of rotatable bonds is 2. The lowest BCUT2D eigenvalue weighted by Gasteiger charge is -2.10. The molecule has 0 fully saturated rings. The Morgan fingerprint density at radius 3 is 3.00 bits per heavy atom. The van der Waals surface area contributed by atoms with Crippen molar-refractivity contribution in [2.24, 2.45) is 0 Å². The van der Waals surface area contributed by atoms with Crippen molar-refractivity contribution < 1.29 is 0 Å². The monoisotopic (exact) mass is 197 g/mol. The van der Waals surface area contributed by atoms with E-state index in [1.165, 1.54) is 0 Å². The number of hydrazine groups is 1. The normalized spacial score (nSPS) is 9.00. The number of nitrogens with zero attached hydrogens (tertiary/aromatic N) is 1. The molecule has 0 aromatic carbocycles. The van der Waals surface area contributed by atoms with E-state index in [1.807, 2.05) is 0 Å². The van der Waals surface area contributed by atoms with Crippen LogP contribution >= 0.6 is 12.2 Å². The molecule has 6 heteroatoms. The minimum absolute atomic E-state index is 0.477. The van der Waals surface area contributed by atoms with Gasteiger partial charge >= 0.3 is 0 Å². The molecule has 13 heavy (non-hydrogen) atoms. The van der Waals surface area contributed by atoms with Crippen LogP contribution in [0, 0.1) is 0 Å². The molecule has 0 bridgehead atoms. The molecule has 0 amide bonds. The van der Waals surface area contributed by atoms with Gasteiger partial charge in [-0.2, -0.15) is 0 Å². The summed E-state index contributed by atoms with van der Waals surface area (Å²) >= 11 is 4.84. The first-order valence-electron chi connectivity index (χ1n) is 3.68. The van der Waals surface area contributed by atoms with Crippen molar-refractivity contribution in [1.29, 1.82) is 0 Å². The maximum absolute atomic E-state index is 5.62. The largest absolute Gasteiger partial charge is 0.396 e. The van der Waals surface area contributed by atoms with E-state index in [0.29, 0.717) is 16.6 Å². The first-order valence-corrected chi connectivity index (χ1v) is 4.09. The summed E-state index contributed by atoms with van der Waals surface area (Å²) in [7, 11) is 1.72. The summed E-state index contributed by atoms with van der Waals surface area (Å²) in [6.07, 6.45) is 1.64. The van der Waals surface area contributed by atoms with Crippen LogP contribution in [0.15, 0.2) is 18.3 Å². The predicted octanol–water partition coefficient (Wildman–Crippen LogP) is 0.0846. The lowest BCUT2D eigenvalue weighted by molar-refractivity contribution is 1.02. The van der Waals surface area contributed by atoms with Gasteiger partial charge in [-0.3, -0.25) is 10.9 Å². The van der Waals surface area contributed by atoms with Crippen molar-refractivity contribution in [3.63, 3.8) is 0 Å². The third-order valence-electron chi connectivity index (χ3n) is 1.36. The van der Waals surface area contributed by atoms with Gasteiger partial charge in [0.2, 0.25) is 0 Å². The lowest BCUT2D eigenvalue weighted by atomic mass is 10.4. The minimum Gasteiger partial charge on any atom is -0.396 e. The Hall–Kier alpha value is -1.56. The van der Waals surface area contributed by atoms with Gasteiger partial charge in [0.25, 0.3) is 0 Å². The van der Waals surface area contributed by atoms with Gasteiger partial charge in [0.05, 0.1) is 5.69 Å². The highest BCUT2D eigenvalue weighted by Crippen LogP contribution is 2.10. The standard InChI is InChI=1S/C7H11N5S/c1-9-7(13)12-11-6-5(8)3-2-4-10-6/h2-4H,8H2,1H3,(H,10,11)(H2,9,12,13). The number of nitrogens with two attached hydrogens (primary N) is 1. The Morgan fingerprint density at radius 2 is 2.38 bits per heavy atom. The van der Waals surface area contributed by atoms with Gasteiger partial charge < -0.3 is 11.1 Å². The second-order valence-electron chi connectivity index (χ2n) is 2.27. The van der Waals surface area contributed by atoms with E-state index in [0.717, 1.165) is 0 Å². The zero-order valence-corrected chi connectivity index (χ0v) is 7.98. The fourth-order valence-corrected chi connectivity index (χ4v) is 0.752. The van der Waals surface area contributed by atoms with Gasteiger partial charge in [-0.15, -0.1) is 0 Å². The van der Waals surface area contributed by atoms with Crippen LogP contribution in [-0.4, -0.2) is 17.1 Å². The third-order valence-corrected chi connectivity index (χ3v) is 1.67. The number of hydrogen-bond donors (Lipinski definition) is 4. The Labute approximate surface area is 81.7 Å². The topological polar surface area (TPSA) is 75.0 Å². The van der Waals surface area contributed by atoms with Crippen molar-refractivity contribution in [3.8, 4) is 0 Å². The van der Waals surface area contributed by atoms with Crippen molar-refractivity contribution in [1.82, 2.24) is 15.7 Å². The first-order chi connectivity index (χ1) is 6.24. The lowest BCUT2D eigenvalue weighted by Crippen LogP contribution is -2.37. The van der Waals surface area contributed by atoms with Gasteiger partial charge in [0.15, 0.2) is 10.9 Å². The molecular weight excluding hydrogens is 186 g/mol. The molecule has 1 aromatic rings. The predicted molar refractivity (Wildman–Crippen MR) is 57.1 cm³/mol. The number of hydrogen-bond acceptors (Lipinski definition) is 4. The van der Waals surface area contributed by atoms with Crippen LogP contribution < -0.4 is 21.9 Å². The summed E-state index contributed by atoms with van der Waals surface area (Å²) in [6, 6.07) is 3.51. The zero-order valence-electron chi connectivity index (χ0n) is 7.16. The summed E-state index contributed by atoms with van der Waals surface area (Å²) in [5.74, 6) is 0.556. The third kappa shape index (κ3) is 2.75. The van der Waals surface area contributed by atoms with E-state index in [4.69, 9.17) is 18.0 Å². The van der Waals surface area contributed by atoms with Crippen molar-refractivity contribution in [2.75, 3.05) is 18.2 Å². The molecular formula is C7H11N5S. The highest BCUT2D eigenvalue weighted by molar-refractivity contribution is 7.80. The van der Waals surface area contributed by atoms with Crippen LogP contribution in [0.1, 0.15) is 0 Å². The van der Waals surface area contributed by atoms with Crippen LogP contribution in [0.4, 0.5) is 11.5 Å². The van der Waals surface area contributed by atoms with E-state index in [-0.39, 0.29) is 0 Å². The molecule has 0 spiro atoms. The van der Waals surface area contributed by atoms with Crippen molar-refractivity contribution in [2.45, 2.75) is 0 Å². The van der Waals surface area contributed by atoms with E-state index in [2.05, 4.69) is 21.2 Å². The van der Waals surface area contributed by atoms with Gasteiger partial charge in [-0.05, 0) is 24.4 Å². The first kappa shape index (κ1) is 9.53. The maximum atomic E-state index is 5.62. The molecule has 1 aromatic heterocycles. The number of nitrogens with one attached hydrogen (secondary N) is 3. The molecule has 1 rings (SSSR count). The minimum atomic E-state index is 0.477. The summed E-state index contributed by atoms with van der Waals surface area (Å²) in [5, 5.41) is 3.22. The highest BCUT2D eigenvalue weighted by atomic mass is 32.1. The Bertz CT molecular complexity index is 301. The molecule has 0 saturated heterocycles. The van der Waals surface area contributed by atoms with E-state index in [1.54, 1.807) is 25.4 Å². The molecule has 0 radical (unpaired) electrons. The van der Waals surface area contributed by atoms with Crippen molar-refractivity contribution in [3.05, 3.63) is 18.3 Å². The Balaban J connectivity index is 2.54. The van der Waals surface area contributed by atoms with Crippen LogP contribution in [0.25, 0.3) is 0 Å². The van der Waals surface area contributed by atoms with E-state index < -0.39 is 0 Å². The number of anilines is 2. The molecule has 0 atom stereocenters. The van der Waals surface area contributed by atoms with Crippen LogP contribution in [0.2, 0.25) is 0 Å². The van der Waals surface area contributed by atoms with Crippen LogP contribution in [-0.2, 0) is 0 Å². The van der Waals surface area contributed by atoms with Gasteiger partial charge in [-0.1, -0.05) is 0 Å². The quantitative estimate of drug-likeness (QED) is 0.397. The van der Waals surface area contributed by atoms with Gasteiger partial charge in [0.1, 0.15) is 0 Å². The fourth-order valence-electron chi connectivity index (χ4n) is 0.701. The average molecular weight is 197 g/mol. The molecule has 0 aliphatic carbocycles. The van der Waals surface area contributed by atoms with Gasteiger partial charge in [-0.25, -0.2) is 4.98 Å². The Kier molecular flexibility index (Phi) is 3.27. The van der Waals surface area contributed by atoms with Crippen molar-refractivity contribution >= 4 is 28.8 Å². The molecule has 1 heterocycles. The molecule has 70 valence electrons. The number of thiocarbonyl (C=S) groups is 1. The molecule has 0 aliphatic heterocycles. The molecule has 0 unspecified atom stereocenters. The highest BCUT2D eigenvalue weighted by Gasteiger charge is 1.97. The number of aromatic nitrogens is 1. The molecule has 0 aliphatic rings. The molecule has 0 saturated carbocycles. The summed E-state index contributed by atoms with van der Waals surface area (Å²) in [6.45, 7) is 0. The summed E-state index contributed by atoms with van der Waals surface area (Å²) in [5.41, 5.74) is 11.7. The molecule has 5 N–H and O–H groups in total. The second kappa shape index (κ2) is 4.46.